The van der Waals surface area contributed by atoms with Gasteiger partial charge in [-0.05, 0) is 44.2 Å². The Bertz CT molecular complexity index is 345. The van der Waals surface area contributed by atoms with Crippen LogP contribution in [0.2, 0.25) is 0 Å². The number of sulfone groups is 1. The van der Waals surface area contributed by atoms with Gasteiger partial charge in [0.1, 0.15) is 0 Å². The van der Waals surface area contributed by atoms with Crippen molar-refractivity contribution in [3.63, 3.8) is 0 Å². The molecule has 1 saturated heterocycles. The largest absolute Gasteiger partial charge is 0.385 e. The van der Waals surface area contributed by atoms with Gasteiger partial charge in [-0.25, -0.2) is 8.42 Å². The van der Waals surface area contributed by atoms with E-state index < -0.39 is 9.84 Å². The van der Waals surface area contributed by atoms with Crippen LogP contribution in [-0.4, -0.2) is 59.9 Å². The van der Waals surface area contributed by atoms with Gasteiger partial charge in [-0.15, -0.1) is 0 Å². The summed E-state index contributed by atoms with van der Waals surface area (Å²) in [6.45, 7) is 6.02. The van der Waals surface area contributed by atoms with Crippen LogP contribution >= 0.6 is 0 Å². The monoisotopic (exact) mass is 307 g/mol. The lowest BCUT2D eigenvalue weighted by Gasteiger charge is -2.22. The number of hydrogen-bond donors (Lipinski definition) is 1. The summed E-state index contributed by atoms with van der Waals surface area (Å²) in [6, 6.07) is 0. The van der Waals surface area contributed by atoms with Crippen LogP contribution < -0.4 is 5.32 Å². The average molecular weight is 307 g/mol. The van der Waals surface area contributed by atoms with Crippen molar-refractivity contribution in [3.8, 4) is 0 Å². The van der Waals surface area contributed by atoms with Gasteiger partial charge in [0, 0.05) is 26.9 Å². The van der Waals surface area contributed by atoms with E-state index in [0.29, 0.717) is 36.6 Å². The fourth-order valence-corrected chi connectivity index (χ4v) is 4.59. The van der Waals surface area contributed by atoms with Crippen molar-refractivity contribution in [3.05, 3.63) is 0 Å². The predicted octanol–water partition coefficient (Wildman–Crippen LogP) is 1.09. The fraction of sp³-hybridized carbons (Fsp3) is 1.00. The molecule has 2 unspecified atom stereocenters. The number of hydrogen-bond acceptors (Lipinski definition) is 5. The Morgan fingerprint density at radius 1 is 1.30 bits per heavy atom. The van der Waals surface area contributed by atoms with Crippen molar-refractivity contribution in [2.45, 2.75) is 26.2 Å². The fourth-order valence-electron chi connectivity index (χ4n) is 2.67. The van der Waals surface area contributed by atoms with E-state index >= 15 is 0 Å². The Hall–Kier alpha value is -0.170. The van der Waals surface area contributed by atoms with Crippen LogP contribution in [0.5, 0.6) is 0 Å². The van der Waals surface area contributed by atoms with Gasteiger partial charge in [-0.2, -0.15) is 0 Å². The predicted molar refractivity (Wildman–Crippen MR) is 80.7 cm³/mol. The second kappa shape index (κ2) is 9.71. The van der Waals surface area contributed by atoms with Crippen LogP contribution in [0.15, 0.2) is 0 Å². The van der Waals surface area contributed by atoms with Crippen LogP contribution in [0.1, 0.15) is 26.2 Å². The molecule has 0 radical (unpaired) electrons. The third kappa shape index (κ3) is 7.02. The van der Waals surface area contributed by atoms with E-state index in [1.54, 1.807) is 7.11 Å². The Kier molecular flexibility index (Phi) is 8.68. The van der Waals surface area contributed by atoms with Crippen molar-refractivity contribution in [1.29, 1.82) is 0 Å². The van der Waals surface area contributed by atoms with Crippen LogP contribution in [0.4, 0.5) is 0 Å². The summed E-state index contributed by atoms with van der Waals surface area (Å²) in [7, 11) is -1.11. The van der Waals surface area contributed by atoms with Crippen molar-refractivity contribution in [1.82, 2.24) is 5.32 Å². The lowest BCUT2D eigenvalue weighted by atomic mass is 9.89. The lowest BCUT2D eigenvalue weighted by Crippen LogP contribution is -2.30. The highest BCUT2D eigenvalue weighted by Gasteiger charge is 2.33. The molecule has 6 heteroatoms. The van der Waals surface area contributed by atoms with Gasteiger partial charge in [0.2, 0.25) is 0 Å². The van der Waals surface area contributed by atoms with E-state index in [1.165, 1.54) is 0 Å². The Morgan fingerprint density at radius 2 is 2.10 bits per heavy atom. The smallest absolute Gasteiger partial charge is 0.150 e. The maximum atomic E-state index is 11.6. The van der Waals surface area contributed by atoms with Gasteiger partial charge in [0.15, 0.2) is 9.84 Å². The molecule has 5 nitrogen and oxygen atoms in total. The second-order valence-corrected chi connectivity index (χ2v) is 7.71. The molecule has 20 heavy (non-hydrogen) atoms. The minimum Gasteiger partial charge on any atom is -0.385 e. The molecule has 0 amide bonds. The molecular weight excluding hydrogens is 278 g/mol. The van der Waals surface area contributed by atoms with Gasteiger partial charge in [-0.1, -0.05) is 6.92 Å². The first-order valence-electron chi connectivity index (χ1n) is 7.57. The maximum absolute atomic E-state index is 11.6. The van der Waals surface area contributed by atoms with Crippen molar-refractivity contribution in [2.75, 3.05) is 51.5 Å². The second-order valence-electron chi connectivity index (χ2n) is 5.48. The van der Waals surface area contributed by atoms with Crippen LogP contribution in [0.3, 0.4) is 0 Å². The molecule has 0 aromatic heterocycles. The molecule has 1 heterocycles. The molecule has 1 aliphatic rings. The molecule has 0 aromatic carbocycles. The van der Waals surface area contributed by atoms with Crippen molar-refractivity contribution < 1.29 is 17.9 Å². The summed E-state index contributed by atoms with van der Waals surface area (Å²) < 4.78 is 33.8. The zero-order chi connectivity index (χ0) is 14.8. The summed E-state index contributed by atoms with van der Waals surface area (Å²) in [4.78, 5) is 0. The third-order valence-corrected chi connectivity index (χ3v) is 5.65. The highest BCUT2D eigenvalue weighted by Crippen LogP contribution is 2.28. The van der Waals surface area contributed by atoms with Gasteiger partial charge in [-0.3, -0.25) is 0 Å². The van der Waals surface area contributed by atoms with Crippen LogP contribution in [0, 0.1) is 11.8 Å². The molecule has 1 fully saturated rings. The standard InChI is InChI=1S/C14H29NO4S/c1-3-15-11-13(5-9-19-8-4-7-18-2)14-6-10-20(16,17)12-14/h13-15H,3-12H2,1-2H3. The quantitative estimate of drug-likeness (QED) is 0.579. The average Bonchev–Trinajstić information content (AvgIpc) is 2.77. The maximum Gasteiger partial charge on any atom is 0.150 e. The summed E-state index contributed by atoms with van der Waals surface area (Å²) >= 11 is 0. The van der Waals surface area contributed by atoms with Crippen LogP contribution in [-0.2, 0) is 19.3 Å². The lowest BCUT2D eigenvalue weighted by molar-refractivity contribution is 0.0886. The first-order valence-corrected chi connectivity index (χ1v) is 9.39. The number of ether oxygens (including phenoxy) is 2. The van der Waals surface area contributed by atoms with E-state index in [9.17, 15) is 8.42 Å². The van der Waals surface area contributed by atoms with Gasteiger partial charge in [0.25, 0.3) is 0 Å². The van der Waals surface area contributed by atoms with E-state index in [1.807, 2.05) is 0 Å². The number of methoxy groups -OCH3 is 1. The van der Waals surface area contributed by atoms with E-state index in [-0.39, 0.29) is 0 Å². The molecule has 1 aliphatic heterocycles. The minimum atomic E-state index is -2.79. The topological polar surface area (TPSA) is 64.6 Å². The summed E-state index contributed by atoms with van der Waals surface area (Å²) in [6.07, 6.45) is 2.65. The molecule has 0 bridgehead atoms. The number of rotatable bonds is 11. The summed E-state index contributed by atoms with van der Waals surface area (Å²) in [5, 5.41) is 3.34. The van der Waals surface area contributed by atoms with Gasteiger partial charge in [0.05, 0.1) is 11.5 Å². The highest BCUT2D eigenvalue weighted by atomic mass is 32.2. The Morgan fingerprint density at radius 3 is 2.70 bits per heavy atom. The molecule has 1 rings (SSSR count). The zero-order valence-electron chi connectivity index (χ0n) is 12.8. The Labute approximate surface area is 123 Å². The summed E-state index contributed by atoms with van der Waals surface area (Å²) in [5.41, 5.74) is 0. The van der Waals surface area contributed by atoms with Gasteiger partial charge >= 0.3 is 0 Å². The molecule has 2 atom stereocenters. The summed E-state index contributed by atoms with van der Waals surface area (Å²) in [5.74, 6) is 1.40. The van der Waals surface area contributed by atoms with Crippen molar-refractivity contribution in [2.24, 2.45) is 11.8 Å². The molecule has 120 valence electrons. The highest BCUT2D eigenvalue weighted by molar-refractivity contribution is 7.91. The Balaban J connectivity index is 2.29. The first-order chi connectivity index (χ1) is 9.59. The van der Waals surface area contributed by atoms with E-state index in [4.69, 9.17) is 9.47 Å². The van der Waals surface area contributed by atoms with Gasteiger partial charge < -0.3 is 14.8 Å². The zero-order valence-corrected chi connectivity index (χ0v) is 13.6. The SMILES string of the molecule is CCNCC(CCOCCCOC)C1CCS(=O)(=O)C1. The van der Waals surface area contributed by atoms with E-state index in [0.717, 1.165) is 39.0 Å². The molecular formula is C14H29NO4S. The van der Waals surface area contributed by atoms with Crippen LogP contribution in [0.25, 0.3) is 0 Å². The normalized spacial score (nSPS) is 23.0. The third-order valence-electron chi connectivity index (χ3n) is 3.86. The van der Waals surface area contributed by atoms with E-state index in [2.05, 4.69) is 12.2 Å². The molecule has 0 aliphatic carbocycles. The molecule has 0 spiro atoms. The molecule has 0 aromatic rings. The molecule has 1 N–H and O–H groups in total. The number of nitrogens with one attached hydrogen (secondary N) is 1. The minimum absolute atomic E-state index is 0.293. The molecule has 0 saturated carbocycles. The van der Waals surface area contributed by atoms with Crippen molar-refractivity contribution >= 4 is 9.84 Å². The first kappa shape index (κ1) is 17.9.